The van der Waals surface area contributed by atoms with Crippen LogP contribution in [-0.2, 0) is 0 Å². The molecule has 1 N–H and O–H groups in total. The normalized spacial score (nSPS) is 14.8. The lowest BCUT2D eigenvalue weighted by Gasteiger charge is -2.35. The minimum Gasteiger partial charge on any atom is -0.353 e. The van der Waals surface area contributed by atoms with E-state index in [1.165, 1.54) is 0 Å². The van der Waals surface area contributed by atoms with E-state index in [1.807, 2.05) is 31.2 Å². The largest absolute Gasteiger partial charge is 0.353 e. The van der Waals surface area contributed by atoms with Crippen LogP contribution in [0.5, 0.6) is 0 Å². The van der Waals surface area contributed by atoms with Gasteiger partial charge in [-0.05, 0) is 30.7 Å². The molecule has 0 saturated carbocycles. The fourth-order valence-corrected chi connectivity index (χ4v) is 2.96. The number of rotatable bonds is 4. The first kappa shape index (κ1) is 16.9. The Morgan fingerprint density at radius 3 is 2.68 bits per heavy atom. The van der Waals surface area contributed by atoms with E-state index < -0.39 is 0 Å². The maximum absolute atomic E-state index is 12.3. The second kappa shape index (κ2) is 7.77. The van der Waals surface area contributed by atoms with Crippen molar-refractivity contribution in [2.45, 2.75) is 6.92 Å². The number of carbonyl (C=O) groups excluding carboxylic acids is 1. The summed E-state index contributed by atoms with van der Waals surface area (Å²) >= 11 is 0. The number of hydrogen-bond acceptors (Lipinski definition) is 5. The standard InChI is InChI=1S/C19H21N5O/c1-15-5-2-3-7-17(15)19(25)22-14-23-9-11-24(12-10-23)18-16(13-20)6-4-8-21-18/h2-8H,9-12,14H2,1H3,(H,22,25). The highest BCUT2D eigenvalue weighted by atomic mass is 16.1. The fourth-order valence-electron chi connectivity index (χ4n) is 2.96. The summed E-state index contributed by atoms with van der Waals surface area (Å²) in [5, 5.41) is 12.2. The molecule has 1 fully saturated rings. The summed E-state index contributed by atoms with van der Waals surface area (Å²) in [4.78, 5) is 20.9. The molecule has 25 heavy (non-hydrogen) atoms. The lowest BCUT2D eigenvalue weighted by Crippen LogP contribution is -2.50. The van der Waals surface area contributed by atoms with Crippen molar-refractivity contribution in [3.63, 3.8) is 0 Å². The first-order valence-corrected chi connectivity index (χ1v) is 8.35. The van der Waals surface area contributed by atoms with Crippen molar-refractivity contribution in [3.05, 3.63) is 59.3 Å². The van der Waals surface area contributed by atoms with Crippen LogP contribution >= 0.6 is 0 Å². The summed E-state index contributed by atoms with van der Waals surface area (Å²) in [7, 11) is 0. The van der Waals surface area contributed by atoms with Gasteiger partial charge in [-0.25, -0.2) is 4.98 Å². The maximum atomic E-state index is 12.3. The summed E-state index contributed by atoms with van der Waals surface area (Å²) in [6, 6.07) is 13.3. The predicted molar refractivity (Wildman–Crippen MR) is 96.3 cm³/mol. The van der Waals surface area contributed by atoms with Crippen LogP contribution < -0.4 is 10.2 Å². The number of nitriles is 1. The number of pyridine rings is 1. The Hall–Kier alpha value is -2.91. The van der Waals surface area contributed by atoms with Crippen molar-refractivity contribution in [1.29, 1.82) is 5.26 Å². The van der Waals surface area contributed by atoms with E-state index in [-0.39, 0.29) is 5.91 Å². The Kier molecular flexibility index (Phi) is 5.26. The smallest absolute Gasteiger partial charge is 0.252 e. The van der Waals surface area contributed by atoms with E-state index >= 15 is 0 Å². The van der Waals surface area contributed by atoms with Crippen LogP contribution in [0.2, 0.25) is 0 Å². The SMILES string of the molecule is Cc1ccccc1C(=O)NCN1CCN(c2ncccc2C#N)CC1. The molecule has 1 aliphatic heterocycles. The number of aryl methyl sites for hydroxylation is 1. The van der Waals surface area contributed by atoms with Gasteiger partial charge in [-0.15, -0.1) is 0 Å². The molecule has 1 aromatic heterocycles. The van der Waals surface area contributed by atoms with E-state index in [4.69, 9.17) is 0 Å². The molecule has 0 atom stereocenters. The molecular formula is C19H21N5O. The predicted octanol–water partition coefficient (Wildman–Crippen LogP) is 1.77. The lowest BCUT2D eigenvalue weighted by molar-refractivity contribution is 0.0919. The van der Waals surface area contributed by atoms with Gasteiger partial charge in [0.2, 0.25) is 0 Å². The molecule has 1 aromatic carbocycles. The molecular weight excluding hydrogens is 314 g/mol. The highest BCUT2D eigenvalue weighted by molar-refractivity contribution is 5.95. The highest BCUT2D eigenvalue weighted by Crippen LogP contribution is 2.17. The first-order valence-electron chi connectivity index (χ1n) is 8.35. The van der Waals surface area contributed by atoms with Crippen molar-refractivity contribution in [2.24, 2.45) is 0 Å². The Balaban J connectivity index is 1.52. The molecule has 3 rings (SSSR count). The molecule has 0 aliphatic carbocycles. The van der Waals surface area contributed by atoms with Gasteiger partial charge < -0.3 is 10.2 Å². The van der Waals surface area contributed by atoms with E-state index in [0.717, 1.165) is 37.6 Å². The van der Waals surface area contributed by atoms with Gasteiger partial charge in [0.25, 0.3) is 5.91 Å². The molecule has 1 saturated heterocycles. The molecule has 0 spiro atoms. The van der Waals surface area contributed by atoms with Crippen LogP contribution in [0.4, 0.5) is 5.82 Å². The second-order valence-electron chi connectivity index (χ2n) is 6.07. The van der Waals surface area contributed by atoms with Gasteiger partial charge in [0.1, 0.15) is 11.9 Å². The number of nitrogens with one attached hydrogen (secondary N) is 1. The maximum Gasteiger partial charge on any atom is 0.252 e. The third-order valence-electron chi connectivity index (χ3n) is 4.43. The summed E-state index contributed by atoms with van der Waals surface area (Å²) in [5.41, 5.74) is 2.29. The van der Waals surface area contributed by atoms with Crippen LogP contribution in [0, 0.1) is 18.3 Å². The Morgan fingerprint density at radius 1 is 1.20 bits per heavy atom. The van der Waals surface area contributed by atoms with Crippen LogP contribution in [0.15, 0.2) is 42.6 Å². The number of amides is 1. The molecule has 0 radical (unpaired) electrons. The topological polar surface area (TPSA) is 72.3 Å². The zero-order chi connectivity index (χ0) is 17.6. The number of carbonyl (C=O) groups is 1. The second-order valence-corrected chi connectivity index (χ2v) is 6.07. The first-order chi connectivity index (χ1) is 12.2. The lowest BCUT2D eigenvalue weighted by atomic mass is 10.1. The number of aromatic nitrogens is 1. The van der Waals surface area contributed by atoms with Gasteiger partial charge in [0, 0.05) is 37.9 Å². The molecule has 128 valence electrons. The zero-order valence-corrected chi connectivity index (χ0v) is 14.3. The fraction of sp³-hybridized carbons (Fsp3) is 0.316. The molecule has 2 heterocycles. The van der Waals surface area contributed by atoms with Crippen molar-refractivity contribution in [1.82, 2.24) is 15.2 Å². The molecule has 1 aliphatic rings. The van der Waals surface area contributed by atoms with Crippen LogP contribution in [0.25, 0.3) is 0 Å². The molecule has 6 nitrogen and oxygen atoms in total. The van der Waals surface area contributed by atoms with Gasteiger partial charge in [-0.2, -0.15) is 5.26 Å². The number of benzene rings is 1. The van der Waals surface area contributed by atoms with Gasteiger partial charge in [-0.3, -0.25) is 9.69 Å². The molecule has 0 bridgehead atoms. The molecule has 6 heteroatoms. The Labute approximate surface area is 147 Å². The zero-order valence-electron chi connectivity index (χ0n) is 14.3. The van der Waals surface area contributed by atoms with Crippen LogP contribution in [0.3, 0.4) is 0 Å². The summed E-state index contributed by atoms with van der Waals surface area (Å²) in [5.74, 6) is 0.700. The summed E-state index contributed by atoms with van der Waals surface area (Å²) in [6.45, 7) is 5.66. The minimum atomic E-state index is -0.0444. The highest BCUT2D eigenvalue weighted by Gasteiger charge is 2.20. The molecule has 0 unspecified atom stereocenters. The van der Waals surface area contributed by atoms with E-state index in [2.05, 4.69) is 26.2 Å². The minimum absolute atomic E-state index is 0.0444. The summed E-state index contributed by atoms with van der Waals surface area (Å²) in [6.07, 6.45) is 1.71. The number of hydrogen-bond donors (Lipinski definition) is 1. The average Bonchev–Trinajstić information content (AvgIpc) is 2.67. The Bertz CT molecular complexity index is 790. The molecule has 1 amide bonds. The van der Waals surface area contributed by atoms with E-state index in [0.29, 0.717) is 17.8 Å². The van der Waals surface area contributed by atoms with Crippen molar-refractivity contribution < 1.29 is 4.79 Å². The summed E-state index contributed by atoms with van der Waals surface area (Å²) < 4.78 is 0. The van der Waals surface area contributed by atoms with Crippen molar-refractivity contribution in [3.8, 4) is 6.07 Å². The van der Waals surface area contributed by atoms with Gasteiger partial charge >= 0.3 is 0 Å². The van der Waals surface area contributed by atoms with E-state index in [1.54, 1.807) is 18.3 Å². The third kappa shape index (κ3) is 3.95. The van der Waals surface area contributed by atoms with Crippen LogP contribution in [-0.4, -0.2) is 48.6 Å². The van der Waals surface area contributed by atoms with E-state index in [9.17, 15) is 10.1 Å². The van der Waals surface area contributed by atoms with Crippen LogP contribution in [0.1, 0.15) is 21.5 Å². The third-order valence-corrected chi connectivity index (χ3v) is 4.43. The number of piperazine rings is 1. The number of nitrogens with zero attached hydrogens (tertiary/aromatic N) is 4. The van der Waals surface area contributed by atoms with Crippen molar-refractivity contribution in [2.75, 3.05) is 37.7 Å². The van der Waals surface area contributed by atoms with Gasteiger partial charge in [-0.1, -0.05) is 18.2 Å². The molecule has 2 aromatic rings. The average molecular weight is 335 g/mol. The Morgan fingerprint density at radius 2 is 1.96 bits per heavy atom. The quantitative estimate of drug-likeness (QED) is 0.922. The monoisotopic (exact) mass is 335 g/mol. The number of anilines is 1. The van der Waals surface area contributed by atoms with Gasteiger partial charge in [0.15, 0.2) is 0 Å². The van der Waals surface area contributed by atoms with Crippen molar-refractivity contribution >= 4 is 11.7 Å². The van der Waals surface area contributed by atoms with Gasteiger partial charge in [0.05, 0.1) is 12.2 Å².